The van der Waals surface area contributed by atoms with Crippen LogP contribution >= 0.6 is 11.8 Å². The molecular weight excluding hydrogens is 244 g/mol. The second-order valence-electron chi connectivity index (χ2n) is 4.60. The standard InChI is InChI=1S/C14H16N2OS/c1-9-7-15-14(17-9)10(2)16-12-8-18-13-6-4-3-5-11(12)13/h3-7,10,12,16H,8H2,1-2H3. The maximum Gasteiger partial charge on any atom is 0.211 e. The lowest BCUT2D eigenvalue weighted by Crippen LogP contribution is -2.24. The third-order valence-electron chi connectivity index (χ3n) is 3.16. The van der Waals surface area contributed by atoms with Gasteiger partial charge >= 0.3 is 0 Å². The molecule has 0 spiro atoms. The van der Waals surface area contributed by atoms with E-state index in [1.807, 2.05) is 18.7 Å². The maximum absolute atomic E-state index is 5.56. The Hall–Kier alpha value is -1.26. The van der Waals surface area contributed by atoms with E-state index in [0.717, 1.165) is 17.4 Å². The molecule has 0 fully saturated rings. The smallest absolute Gasteiger partial charge is 0.211 e. The molecule has 1 aliphatic heterocycles. The highest BCUT2D eigenvalue weighted by Gasteiger charge is 2.25. The van der Waals surface area contributed by atoms with Crippen molar-refractivity contribution in [3.05, 3.63) is 47.7 Å². The molecule has 0 amide bonds. The van der Waals surface area contributed by atoms with E-state index in [9.17, 15) is 0 Å². The normalized spacial score (nSPS) is 19.8. The third kappa shape index (κ3) is 2.18. The number of hydrogen-bond donors (Lipinski definition) is 1. The lowest BCUT2D eigenvalue weighted by atomic mass is 10.1. The van der Waals surface area contributed by atoms with Crippen molar-refractivity contribution >= 4 is 11.8 Å². The van der Waals surface area contributed by atoms with Gasteiger partial charge in [0.25, 0.3) is 0 Å². The molecule has 3 nitrogen and oxygen atoms in total. The quantitative estimate of drug-likeness (QED) is 0.917. The van der Waals surface area contributed by atoms with E-state index in [-0.39, 0.29) is 6.04 Å². The van der Waals surface area contributed by atoms with Crippen LogP contribution in [0.15, 0.2) is 39.8 Å². The highest BCUT2D eigenvalue weighted by atomic mass is 32.2. The molecule has 2 heterocycles. The molecule has 2 aromatic rings. The van der Waals surface area contributed by atoms with Gasteiger partial charge in [0.15, 0.2) is 0 Å². The van der Waals surface area contributed by atoms with Gasteiger partial charge in [-0.05, 0) is 25.5 Å². The molecule has 0 aliphatic carbocycles. The van der Waals surface area contributed by atoms with Gasteiger partial charge in [-0.3, -0.25) is 5.32 Å². The number of benzene rings is 1. The summed E-state index contributed by atoms with van der Waals surface area (Å²) in [6, 6.07) is 9.08. The molecule has 2 unspecified atom stereocenters. The second kappa shape index (κ2) is 4.78. The van der Waals surface area contributed by atoms with Gasteiger partial charge in [0, 0.05) is 16.7 Å². The summed E-state index contributed by atoms with van der Waals surface area (Å²) in [5, 5.41) is 3.59. The molecule has 0 radical (unpaired) electrons. The average Bonchev–Trinajstić information content (AvgIpc) is 2.97. The molecular formula is C14H16N2OS. The molecule has 4 heteroatoms. The minimum Gasteiger partial charge on any atom is -0.444 e. The fourth-order valence-electron chi connectivity index (χ4n) is 2.25. The SMILES string of the molecule is Cc1cnc(C(C)NC2CSc3ccccc32)o1. The van der Waals surface area contributed by atoms with Gasteiger partial charge < -0.3 is 4.42 Å². The first-order valence-corrected chi connectivity index (χ1v) is 7.12. The fraction of sp³-hybridized carbons (Fsp3) is 0.357. The van der Waals surface area contributed by atoms with Crippen molar-refractivity contribution < 1.29 is 4.42 Å². The lowest BCUT2D eigenvalue weighted by Gasteiger charge is -2.17. The highest BCUT2D eigenvalue weighted by molar-refractivity contribution is 7.99. The van der Waals surface area contributed by atoms with Crippen molar-refractivity contribution in [2.45, 2.75) is 30.8 Å². The van der Waals surface area contributed by atoms with Gasteiger partial charge in [-0.25, -0.2) is 4.98 Å². The Balaban J connectivity index is 1.75. The minimum atomic E-state index is 0.135. The monoisotopic (exact) mass is 260 g/mol. The van der Waals surface area contributed by atoms with E-state index in [0.29, 0.717) is 6.04 Å². The Morgan fingerprint density at radius 3 is 3.06 bits per heavy atom. The summed E-state index contributed by atoms with van der Waals surface area (Å²) < 4.78 is 5.56. The van der Waals surface area contributed by atoms with Crippen molar-refractivity contribution in [1.82, 2.24) is 10.3 Å². The molecule has 1 N–H and O–H groups in total. The van der Waals surface area contributed by atoms with Crippen LogP contribution in [0.4, 0.5) is 0 Å². The molecule has 0 bridgehead atoms. The Labute approximate surface area is 111 Å². The predicted molar refractivity (Wildman–Crippen MR) is 72.7 cm³/mol. The van der Waals surface area contributed by atoms with Crippen LogP contribution < -0.4 is 5.32 Å². The number of aryl methyl sites for hydroxylation is 1. The summed E-state index contributed by atoms with van der Waals surface area (Å²) >= 11 is 1.90. The van der Waals surface area contributed by atoms with E-state index in [4.69, 9.17) is 4.42 Å². The molecule has 1 aromatic carbocycles. The number of nitrogens with zero attached hydrogens (tertiary/aromatic N) is 1. The van der Waals surface area contributed by atoms with Crippen LogP contribution in [0.1, 0.15) is 36.2 Å². The van der Waals surface area contributed by atoms with E-state index in [2.05, 4.69) is 41.5 Å². The van der Waals surface area contributed by atoms with E-state index in [1.165, 1.54) is 10.5 Å². The Bertz CT molecular complexity index is 552. The van der Waals surface area contributed by atoms with Crippen LogP contribution in [0.5, 0.6) is 0 Å². The second-order valence-corrected chi connectivity index (χ2v) is 5.66. The van der Waals surface area contributed by atoms with Crippen molar-refractivity contribution in [2.24, 2.45) is 0 Å². The summed E-state index contributed by atoms with van der Waals surface area (Å²) in [6.45, 7) is 4.01. The molecule has 1 aromatic heterocycles. The topological polar surface area (TPSA) is 38.1 Å². The van der Waals surface area contributed by atoms with E-state index >= 15 is 0 Å². The Morgan fingerprint density at radius 1 is 1.44 bits per heavy atom. The van der Waals surface area contributed by atoms with Gasteiger partial charge in [-0.2, -0.15) is 0 Å². The summed E-state index contributed by atoms with van der Waals surface area (Å²) in [4.78, 5) is 5.66. The zero-order valence-corrected chi connectivity index (χ0v) is 11.3. The van der Waals surface area contributed by atoms with Gasteiger partial charge in [0.05, 0.1) is 12.2 Å². The number of aromatic nitrogens is 1. The van der Waals surface area contributed by atoms with Gasteiger partial charge in [0.2, 0.25) is 5.89 Å². The van der Waals surface area contributed by atoms with Crippen LogP contribution in [0.3, 0.4) is 0 Å². The lowest BCUT2D eigenvalue weighted by molar-refractivity contribution is 0.382. The molecule has 0 saturated carbocycles. The molecule has 18 heavy (non-hydrogen) atoms. The van der Waals surface area contributed by atoms with Crippen LogP contribution in [0.25, 0.3) is 0 Å². The van der Waals surface area contributed by atoms with Crippen LogP contribution in [-0.4, -0.2) is 10.7 Å². The van der Waals surface area contributed by atoms with Crippen LogP contribution in [0.2, 0.25) is 0 Å². The number of thioether (sulfide) groups is 1. The first-order valence-electron chi connectivity index (χ1n) is 6.14. The molecule has 2 atom stereocenters. The summed E-state index contributed by atoms with van der Waals surface area (Å²) in [6.07, 6.45) is 1.77. The molecule has 94 valence electrons. The fourth-order valence-corrected chi connectivity index (χ4v) is 3.42. The molecule has 3 rings (SSSR count). The van der Waals surface area contributed by atoms with Gasteiger partial charge in [0.1, 0.15) is 5.76 Å². The van der Waals surface area contributed by atoms with Crippen molar-refractivity contribution in [2.75, 3.05) is 5.75 Å². The maximum atomic E-state index is 5.56. The number of oxazole rings is 1. The van der Waals surface area contributed by atoms with Crippen molar-refractivity contribution in [1.29, 1.82) is 0 Å². The number of rotatable bonds is 3. The molecule has 0 saturated heterocycles. The summed E-state index contributed by atoms with van der Waals surface area (Å²) in [7, 11) is 0. The van der Waals surface area contributed by atoms with Crippen LogP contribution in [-0.2, 0) is 0 Å². The minimum absolute atomic E-state index is 0.135. The van der Waals surface area contributed by atoms with Crippen molar-refractivity contribution in [3.8, 4) is 0 Å². The van der Waals surface area contributed by atoms with Gasteiger partial charge in [-0.15, -0.1) is 11.8 Å². The number of fused-ring (bicyclic) bond motifs is 1. The molecule has 1 aliphatic rings. The van der Waals surface area contributed by atoms with E-state index < -0.39 is 0 Å². The number of nitrogens with one attached hydrogen (secondary N) is 1. The predicted octanol–water partition coefficient (Wildman–Crippen LogP) is 3.48. The van der Waals surface area contributed by atoms with E-state index in [1.54, 1.807) is 6.20 Å². The zero-order chi connectivity index (χ0) is 12.5. The van der Waals surface area contributed by atoms with Crippen molar-refractivity contribution in [3.63, 3.8) is 0 Å². The van der Waals surface area contributed by atoms with Gasteiger partial charge in [-0.1, -0.05) is 18.2 Å². The first kappa shape index (κ1) is 11.8. The highest BCUT2D eigenvalue weighted by Crippen LogP contribution is 2.38. The largest absolute Gasteiger partial charge is 0.444 e. The Morgan fingerprint density at radius 2 is 2.28 bits per heavy atom. The zero-order valence-electron chi connectivity index (χ0n) is 10.5. The van der Waals surface area contributed by atoms with Crippen LogP contribution in [0, 0.1) is 6.92 Å². The average molecular weight is 260 g/mol. The first-order chi connectivity index (χ1) is 8.74. The third-order valence-corrected chi connectivity index (χ3v) is 4.34. The summed E-state index contributed by atoms with van der Waals surface area (Å²) in [5.74, 6) is 2.70. The number of hydrogen-bond acceptors (Lipinski definition) is 4. The Kier molecular flexibility index (Phi) is 3.14. The summed E-state index contributed by atoms with van der Waals surface area (Å²) in [5.41, 5.74) is 1.39.